The second-order valence-electron chi connectivity index (χ2n) is 28.7. The molecule has 0 radical (unpaired) electrons. The maximum atomic E-state index is 13.1. The zero-order chi connectivity index (χ0) is 72.1. The number of phosphoric acid groups is 2. The van der Waals surface area contributed by atoms with E-state index in [1.807, 2.05) is 0 Å². The van der Waals surface area contributed by atoms with E-state index in [0.717, 1.165) is 121 Å². The van der Waals surface area contributed by atoms with E-state index in [1.54, 1.807) is 0 Å². The van der Waals surface area contributed by atoms with Crippen LogP contribution < -0.4 is 0 Å². The standard InChI is InChI=1S/C79H150O17P2/c1-7-9-11-13-15-17-19-21-23-24-25-26-28-30-32-38-45-51-57-63-78(83)95-74(67-89-76(81)61-55-49-43-37-31-29-27-22-20-18-16-14-12-10-8-2)69-93-97(85,86)91-65-73(80)66-92-98(87,88)94-70-75(96-79(84)64-58-52-46-40-34-36-42-48-54-60-72(5)6)68-90-77(82)62-56-50-44-39-33-35-41-47-53-59-71(3)4/h18,20,22,27,71-75,80H,7-17,19,21,23-26,28-70H2,1-6H3,(H,85,86)(H,87,88)/b20-18-,27-22-/t73-,74-,75-/m1/s1. The predicted molar refractivity (Wildman–Crippen MR) is 400 cm³/mol. The molecule has 0 spiro atoms. The van der Waals surface area contributed by atoms with Crippen LogP contribution in [0, 0.1) is 11.8 Å². The summed E-state index contributed by atoms with van der Waals surface area (Å²) >= 11 is 0. The van der Waals surface area contributed by atoms with Crippen molar-refractivity contribution in [3.63, 3.8) is 0 Å². The van der Waals surface area contributed by atoms with E-state index in [9.17, 15) is 43.2 Å². The van der Waals surface area contributed by atoms with E-state index in [2.05, 4.69) is 65.8 Å². The van der Waals surface area contributed by atoms with Gasteiger partial charge in [-0.15, -0.1) is 0 Å². The minimum atomic E-state index is -4.97. The number of carbonyl (C=O) groups is 4. The quantitative estimate of drug-likeness (QED) is 0.0169. The Bertz CT molecular complexity index is 1980. The third-order valence-electron chi connectivity index (χ3n) is 17.8. The Hall–Kier alpha value is -2.46. The van der Waals surface area contributed by atoms with Crippen LogP contribution in [0.25, 0.3) is 0 Å². The van der Waals surface area contributed by atoms with E-state index < -0.39 is 97.5 Å². The molecule has 2 unspecified atom stereocenters. The van der Waals surface area contributed by atoms with Crippen molar-refractivity contribution in [2.45, 2.75) is 407 Å². The van der Waals surface area contributed by atoms with Gasteiger partial charge in [0.1, 0.15) is 19.3 Å². The molecule has 0 aliphatic rings. The molecule has 0 saturated carbocycles. The number of aliphatic hydroxyl groups excluding tert-OH is 1. The maximum Gasteiger partial charge on any atom is 0.472 e. The van der Waals surface area contributed by atoms with Gasteiger partial charge < -0.3 is 33.8 Å². The lowest BCUT2D eigenvalue weighted by atomic mass is 10.0. The van der Waals surface area contributed by atoms with Gasteiger partial charge in [-0.1, -0.05) is 336 Å². The monoisotopic (exact) mass is 1430 g/mol. The first-order chi connectivity index (χ1) is 47.4. The van der Waals surface area contributed by atoms with Crippen LogP contribution in [0.5, 0.6) is 0 Å². The maximum absolute atomic E-state index is 13.1. The molecule has 0 saturated heterocycles. The molecule has 0 aliphatic carbocycles. The SMILES string of the molecule is CCCCCC/C=C\C=C/CCCCCCCC(=O)OC[C@H](COP(=O)(O)OC[C@@H](O)COP(=O)(O)OC[C@@H](COC(=O)CCCCCCCCCCCC(C)C)OC(=O)CCCCCCCCCCCC(C)C)OC(=O)CCCCCCCCCCCCCCCCCCCCC. The van der Waals surface area contributed by atoms with Gasteiger partial charge in [0.2, 0.25) is 0 Å². The molecule has 0 aromatic carbocycles. The van der Waals surface area contributed by atoms with Gasteiger partial charge in [-0.25, -0.2) is 9.13 Å². The second-order valence-corrected chi connectivity index (χ2v) is 31.6. The van der Waals surface area contributed by atoms with Gasteiger partial charge in [0.15, 0.2) is 12.2 Å². The molecule has 5 atom stereocenters. The summed E-state index contributed by atoms with van der Waals surface area (Å²) in [5.41, 5.74) is 0. The Morgan fingerprint density at radius 1 is 0.316 bits per heavy atom. The summed E-state index contributed by atoms with van der Waals surface area (Å²) < 4.78 is 68.6. The first-order valence-corrected chi connectivity index (χ1v) is 43.3. The van der Waals surface area contributed by atoms with Crippen molar-refractivity contribution < 1.29 is 80.2 Å². The third-order valence-corrected chi connectivity index (χ3v) is 19.7. The number of hydrogen-bond donors (Lipinski definition) is 3. The van der Waals surface area contributed by atoms with Crippen molar-refractivity contribution in [3.8, 4) is 0 Å². The normalized spacial score (nSPS) is 14.1. The number of phosphoric ester groups is 2. The van der Waals surface area contributed by atoms with E-state index in [0.29, 0.717) is 25.7 Å². The van der Waals surface area contributed by atoms with Crippen molar-refractivity contribution >= 4 is 39.5 Å². The van der Waals surface area contributed by atoms with Gasteiger partial charge >= 0.3 is 39.5 Å². The molecule has 0 heterocycles. The van der Waals surface area contributed by atoms with Gasteiger partial charge in [0.25, 0.3) is 0 Å². The van der Waals surface area contributed by atoms with Crippen LogP contribution in [0.2, 0.25) is 0 Å². The van der Waals surface area contributed by atoms with Crippen LogP contribution in [-0.2, 0) is 65.4 Å². The molecular formula is C79H150O17P2. The number of rotatable bonds is 76. The number of carbonyl (C=O) groups excluding carboxylic acids is 4. The number of unbranched alkanes of at least 4 members (excludes halogenated alkanes) is 43. The molecule has 0 aromatic heterocycles. The second kappa shape index (κ2) is 70.2. The number of hydrogen-bond acceptors (Lipinski definition) is 15. The molecule has 578 valence electrons. The van der Waals surface area contributed by atoms with Crippen LogP contribution in [0.1, 0.15) is 388 Å². The fourth-order valence-electron chi connectivity index (χ4n) is 11.6. The highest BCUT2D eigenvalue weighted by molar-refractivity contribution is 7.47. The Morgan fingerprint density at radius 2 is 0.551 bits per heavy atom. The number of ether oxygens (including phenoxy) is 4. The van der Waals surface area contributed by atoms with E-state index in [4.69, 9.17) is 37.0 Å². The molecular weight excluding hydrogens is 1280 g/mol. The fraction of sp³-hybridized carbons (Fsp3) is 0.899. The summed E-state index contributed by atoms with van der Waals surface area (Å²) in [5.74, 6) is -0.666. The highest BCUT2D eigenvalue weighted by atomic mass is 31.2. The average molecular weight is 1430 g/mol. The molecule has 0 fully saturated rings. The molecule has 0 bridgehead atoms. The van der Waals surface area contributed by atoms with Crippen LogP contribution >= 0.6 is 15.6 Å². The van der Waals surface area contributed by atoms with E-state index in [1.165, 1.54) is 186 Å². The molecule has 0 amide bonds. The molecule has 98 heavy (non-hydrogen) atoms. The Balaban J connectivity index is 5.28. The lowest BCUT2D eigenvalue weighted by molar-refractivity contribution is -0.161. The minimum absolute atomic E-state index is 0.102. The van der Waals surface area contributed by atoms with Gasteiger partial charge in [-0.3, -0.25) is 37.3 Å². The van der Waals surface area contributed by atoms with Crippen molar-refractivity contribution in [2.24, 2.45) is 11.8 Å². The zero-order valence-corrected chi connectivity index (χ0v) is 65.4. The molecule has 17 nitrogen and oxygen atoms in total. The lowest BCUT2D eigenvalue weighted by Gasteiger charge is -2.21. The Kier molecular flexibility index (Phi) is 68.5. The highest BCUT2D eigenvalue weighted by Gasteiger charge is 2.30. The molecule has 0 aromatic rings. The van der Waals surface area contributed by atoms with Gasteiger partial charge in [-0.2, -0.15) is 0 Å². The summed E-state index contributed by atoms with van der Waals surface area (Å²) in [4.78, 5) is 72.9. The van der Waals surface area contributed by atoms with Crippen molar-refractivity contribution in [1.82, 2.24) is 0 Å². The third kappa shape index (κ3) is 71.9. The van der Waals surface area contributed by atoms with Crippen LogP contribution in [-0.4, -0.2) is 96.7 Å². The lowest BCUT2D eigenvalue weighted by Crippen LogP contribution is -2.30. The van der Waals surface area contributed by atoms with Gasteiger partial charge in [0, 0.05) is 25.7 Å². The van der Waals surface area contributed by atoms with Crippen LogP contribution in [0.4, 0.5) is 0 Å². The average Bonchev–Trinajstić information content (AvgIpc) is 1.16. The molecule has 19 heteroatoms. The molecule has 0 rings (SSSR count). The summed E-state index contributed by atoms with van der Waals surface area (Å²) in [6.07, 6.45) is 61.9. The van der Waals surface area contributed by atoms with E-state index >= 15 is 0 Å². The van der Waals surface area contributed by atoms with Crippen molar-refractivity contribution in [1.29, 1.82) is 0 Å². The fourth-order valence-corrected chi connectivity index (χ4v) is 13.2. The first-order valence-electron chi connectivity index (χ1n) is 40.3. The smallest absolute Gasteiger partial charge is 0.462 e. The van der Waals surface area contributed by atoms with Gasteiger partial charge in [0.05, 0.1) is 26.4 Å². The molecule has 3 N–H and O–H groups in total. The van der Waals surface area contributed by atoms with Gasteiger partial charge in [-0.05, 0) is 63.2 Å². The topological polar surface area (TPSA) is 237 Å². The summed E-state index contributed by atoms with van der Waals surface area (Å²) in [7, 11) is -9.93. The summed E-state index contributed by atoms with van der Waals surface area (Å²) in [5, 5.41) is 10.6. The van der Waals surface area contributed by atoms with E-state index in [-0.39, 0.29) is 25.7 Å². The van der Waals surface area contributed by atoms with Crippen molar-refractivity contribution in [3.05, 3.63) is 24.3 Å². The van der Waals surface area contributed by atoms with Crippen LogP contribution in [0.15, 0.2) is 24.3 Å². The van der Waals surface area contributed by atoms with Crippen molar-refractivity contribution in [2.75, 3.05) is 39.6 Å². The predicted octanol–water partition coefficient (Wildman–Crippen LogP) is 23.1. The Morgan fingerprint density at radius 3 is 0.837 bits per heavy atom. The minimum Gasteiger partial charge on any atom is -0.462 e. The summed E-state index contributed by atoms with van der Waals surface area (Å²) in [6, 6.07) is 0. The number of allylic oxidation sites excluding steroid dienone is 4. The Labute approximate surface area is 599 Å². The summed E-state index contributed by atoms with van der Waals surface area (Å²) in [6.45, 7) is 9.50. The zero-order valence-electron chi connectivity index (χ0n) is 63.6. The number of aliphatic hydroxyl groups is 1. The molecule has 0 aliphatic heterocycles. The number of esters is 4. The first kappa shape index (κ1) is 95.5. The highest BCUT2D eigenvalue weighted by Crippen LogP contribution is 2.45. The van der Waals surface area contributed by atoms with Crippen LogP contribution in [0.3, 0.4) is 0 Å². The largest absolute Gasteiger partial charge is 0.472 e.